The molecule has 1 fully saturated rings. The van der Waals surface area contributed by atoms with Gasteiger partial charge in [-0.3, -0.25) is 9.78 Å². The van der Waals surface area contributed by atoms with Crippen LogP contribution in [-0.2, 0) is 0 Å². The van der Waals surface area contributed by atoms with Gasteiger partial charge >= 0.3 is 0 Å². The highest BCUT2D eigenvalue weighted by molar-refractivity contribution is 5.95. The van der Waals surface area contributed by atoms with Crippen LogP contribution in [0.15, 0.2) is 24.4 Å². The fourth-order valence-corrected chi connectivity index (χ4v) is 3.25. The molecule has 144 valence electrons. The zero-order valence-corrected chi connectivity index (χ0v) is 16.3. The smallest absolute Gasteiger partial charge is 0.253 e. The number of likely N-dealkylation sites (tertiary alicyclic amines) is 1. The van der Waals surface area contributed by atoms with Gasteiger partial charge in [0.15, 0.2) is 11.5 Å². The van der Waals surface area contributed by atoms with Crippen molar-refractivity contribution in [1.82, 2.24) is 14.9 Å². The summed E-state index contributed by atoms with van der Waals surface area (Å²) in [6.07, 6.45) is 3.51. The number of carbonyl (C=O) groups excluding carboxylic acids is 1. The molecule has 2 heterocycles. The zero-order valence-electron chi connectivity index (χ0n) is 16.3. The number of nitrogens with zero attached hydrogens (tertiary/aromatic N) is 3. The van der Waals surface area contributed by atoms with Gasteiger partial charge in [-0.2, -0.15) is 0 Å². The Morgan fingerprint density at radius 1 is 1.15 bits per heavy atom. The Morgan fingerprint density at radius 3 is 2.52 bits per heavy atom. The van der Waals surface area contributed by atoms with Crippen molar-refractivity contribution in [2.75, 3.05) is 32.6 Å². The van der Waals surface area contributed by atoms with Crippen molar-refractivity contribution in [1.29, 1.82) is 0 Å². The van der Waals surface area contributed by atoms with Crippen LogP contribution in [0.1, 0.15) is 34.6 Å². The molecule has 1 aromatic carbocycles. The van der Waals surface area contributed by atoms with Crippen molar-refractivity contribution >= 4 is 11.7 Å². The summed E-state index contributed by atoms with van der Waals surface area (Å²) in [5.41, 5.74) is 2.40. The fourth-order valence-electron chi connectivity index (χ4n) is 3.25. The van der Waals surface area contributed by atoms with Crippen molar-refractivity contribution in [2.45, 2.75) is 32.7 Å². The number of nitrogens with one attached hydrogen (secondary N) is 1. The van der Waals surface area contributed by atoms with Gasteiger partial charge in [0, 0.05) is 30.9 Å². The fraction of sp³-hybridized carbons (Fsp3) is 0.450. The number of benzene rings is 1. The zero-order chi connectivity index (χ0) is 19.4. The number of piperidine rings is 1. The first kappa shape index (κ1) is 18.9. The summed E-state index contributed by atoms with van der Waals surface area (Å²) in [5.74, 6) is 2.03. The molecule has 1 aromatic heterocycles. The molecule has 7 heteroatoms. The Kier molecular flexibility index (Phi) is 5.78. The van der Waals surface area contributed by atoms with Gasteiger partial charge in [0.2, 0.25) is 0 Å². The van der Waals surface area contributed by atoms with Crippen LogP contribution in [0.25, 0.3) is 0 Å². The summed E-state index contributed by atoms with van der Waals surface area (Å²) in [5, 5.41) is 3.47. The normalized spacial score (nSPS) is 14.7. The van der Waals surface area contributed by atoms with Gasteiger partial charge in [-0.1, -0.05) is 0 Å². The predicted octanol–water partition coefficient (Wildman–Crippen LogP) is 2.83. The lowest BCUT2D eigenvalue weighted by Gasteiger charge is -2.33. The number of aryl methyl sites for hydroxylation is 2. The first-order valence-electron chi connectivity index (χ1n) is 9.10. The molecule has 2 aromatic rings. The van der Waals surface area contributed by atoms with Gasteiger partial charge < -0.3 is 19.7 Å². The molecule has 0 unspecified atom stereocenters. The SMILES string of the molecule is COc1ccc(C(=O)N2CCC(Nc3nc(C)cnc3C)CC2)cc1OC. The van der Waals surface area contributed by atoms with E-state index in [0.717, 1.165) is 30.0 Å². The van der Waals surface area contributed by atoms with E-state index in [1.807, 2.05) is 18.7 Å². The maximum Gasteiger partial charge on any atom is 0.253 e. The third-order valence-corrected chi connectivity index (χ3v) is 4.83. The number of rotatable bonds is 5. The topological polar surface area (TPSA) is 76.6 Å². The number of aromatic nitrogens is 2. The van der Waals surface area contributed by atoms with Crippen molar-refractivity contribution in [3.8, 4) is 11.5 Å². The molecule has 1 aliphatic heterocycles. The van der Waals surface area contributed by atoms with Gasteiger partial charge in [0.25, 0.3) is 5.91 Å². The summed E-state index contributed by atoms with van der Waals surface area (Å²) >= 11 is 0. The highest BCUT2D eigenvalue weighted by atomic mass is 16.5. The van der Waals surface area contributed by atoms with Gasteiger partial charge in [-0.15, -0.1) is 0 Å². The maximum absolute atomic E-state index is 12.8. The molecule has 27 heavy (non-hydrogen) atoms. The third-order valence-electron chi connectivity index (χ3n) is 4.83. The molecule has 0 radical (unpaired) electrons. The molecule has 3 rings (SSSR count). The van der Waals surface area contributed by atoms with E-state index in [9.17, 15) is 4.79 Å². The lowest BCUT2D eigenvalue weighted by Crippen LogP contribution is -2.42. The number of ether oxygens (including phenoxy) is 2. The number of carbonyl (C=O) groups is 1. The standard InChI is InChI=1S/C20H26N4O3/c1-13-12-21-14(2)19(22-13)23-16-7-9-24(10-8-16)20(25)15-5-6-17(26-3)18(11-15)27-4/h5-6,11-12,16H,7-10H2,1-4H3,(H,22,23). The second kappa shape index (κ2) is 8.24. The average molecular weight is 370 g/mol. The van der Waals surface area contributed by atoms with Crippen LogP contribution in [0, 0.1) is 13.8 Å². The van der Waals surface area contributed by atoms with E-state index in [0.29, 0.717) is 30.2 Å². The van der Waals surface area contributed by atoms with Crippen LogP contribution in [0.4, 0.5) is 5.82 Å². The highest BCUT2D eigenvalue weighted by Gasteiger charge is 2.25. The molecular formula is C20H26N4O3. The molecule has 0 saturated carbocycles. The molecule has 7 nitrogen and oxygen atoms in total. The summed E-state index contributed by atoms with van der Waals surface area (Å²) in [7, 11) is 3.15. The number of hydrogen-bond acceptors (Lipinski definition) is 6. The van der Waals surface area contributed by atoms with Crippen LogP contribution < -0.4 is 14.8 Å². The van der Waals surface area contributed by atoms with E-state index in [2.05, 4.69) is 15.3 Å². The maximum atomic E-state index is 12.8. The molecule has 1 aliphatic rings. The number of amides is 1. The Balaban J connectivity index is 1.62. The summed E-state index contributed by atoms with van der Waals surface area (Å²) in [6, 6.07) is 5.56. The van der Waals surface area contributed by atoms with Crippen molar-refractivity contribution in [3.63, 3.8) is 0 Å². The van der Waals surface area contributed by atoms with Crippen LogP contribution in [0.5, 0.6) is 11.5 Å². The Bertz CT molecular complexity index is 817. The minimum atomic E-state index is 0.0148. The van der Waals surface area contributed by atoms with Crippen LogP contribution in [0.2, 0.25) is 0 Å². The van der Waals surface area contributed by atoms with Gasteiger partial charge in [-0.25, -0.2) is 4.98 Å². The lowest BCUT2D eigenvalue weighted by atomic mass is 10.0. The minimum Gasteiger partial charge on any atom is -0.493 e. The summed E-state index contributed by atoms with van der Waals surface area (Å²) in [4.78, 5) is 23.6. The molecule has 0 aliphatic carbocycles. The first-order valence-corrected chi connectivity index (χ1v) is 9.10. The Morgan fingerprint density at radius 2 is 1.85 bits per heavy atom. The predicted molar refractivity (Wildman–Crippen MR) is 104 cm³/mol. The lowest BCUT2D eigenvalue weighted by molar-refractivity contribution is 0.0718. The molecule has 1 saturated heterocycles. The van der Waals surface area contributed by atoms with Crippen LogP contribution in [-0.4, -0.2) is 54.1 Å². The molecule has 1 N–H and O–H groups in total. The summed E-state index contributed by atoms with van der Waals surface area (Å²) in [6.45, 7) is 5.28. The van der Waals surface area contributed by atoms with Crippen molar-refractivity contribution < 1.29 is 14.3 Å². The Labute approximate surface area is 159 Å². The quantitative estimate of drug-likeness (QED) is 0.872. The van der Waals surface area contributed by atoms with Gasteiger partial charge in [0.05, 0.1) is 25.6 Å². The highest BCUT2D eigenvalue weighted by Crippen LogP contribution is 2.28. The first-order chi connectivity index (χ1) is 13.0. The van der Waals surface area contributed by atoms with E-state index < -0.39 is 0 Å². The van der Waals surface area contributed by atoms with Crippen molar-refractivity contribution in [3.05, 3.63) is 41.3 Å². The van der Waals surface area contributed by atoms with E-state index in [1.54, 1.807) is 38.6 Å². The van der Waals surface area contributed by atoms with E-state index >= 15 is 0 Å². The van der Waals surface area contributed by atoms with Gasteiger partial charge in [-0.05, 0) is 44.9 Å². The molecule has 1 amide bonds. The Hall–Kier alpha value is -2.83. The van der Waals surface area contributed by atoms with Crippen molar-refractivity contribution in [2.24, 2.45) is 0 Å². The monoisotopic (exact) mass is 370 g/mol. The molecule has 0 spiro atoms. The second-order valence-corrected chi connectivity index (χ2v) is 6.73. The van der Waals surface area contributed by atoms with E-state index in [1.165, 1.54) is 0 Å². The van der Waals surface area contributed by atoms with Gasteiger partial charge in [0.1, 0.15) is 5.82 Å². The van der Waals surface area contributed by atoms with Crippen LogP contribution >= 0.6 is 0 Å². The summed E-state index contributed by atoms with van der Waals surface area (Å²) < 4.78 is 10.5. The van der Waals surface area contributed by atoms with E-state index in [-0.39, 0.29) is 11.9 Å². The molecular weight excluding hydrogens is 344 g/mol. The van der Waals surface area contributed by atoms with E-state index in [4.69, 9.17) is 9.47 Å². The second-order valence-electron chi connectivity index (χ2n) is 6.73. The average Bonchev–Trinajstić information content (AvgIpc) is 2.70. The molecule has 0 bridgehead atoms. The largest absolute Gasteiger partial charge is 0.493 e. The number of methoxy groups -OCH3 is 2. The molecule has 0 atom stereocenters. The minimum absolute atomic E-state index is 0.0148. The third kappa shape index (κ3) is 4.30. The number of hydrogen-bond donors (Lipinski definition) is 1. The number of anilines is 1. The van der Waals surface area contributed by atoms with Crippen LogP contribution in [0.3, 0.4) is 0 Å².